The Morgan fingerprint density at radius 1 is 1.23 bits per heavy atom. The number of halogens is 1. The molecular formula is C16H19ClN4O. The van der Waals surface area contributed by atoms with E-state index in [4.69, 9.17) is 11.6 Å². The van der Waals surface area contributed by atoms with Crippen LogP contribution in [0.3, 0.4) is 0 Å². The van der Waals surface area contributed by atoms with Crippen molar-refractivity contribution < 1.29 is 4.79 Å². The Labute approximate surface area is 135 Å². The molecule has 0 radical (unpaired) electrons. The number of hydrogen-bond donors (Lipinski definition) is 0. The van der Waals surface area contributed by atoms with Crippen LogP contribution in [0.2, 0.25) is 5.02 Å². The normalized spacial score (nSPS) is 16.0. The van der Waals surface area contributed by atoms with Crippen molar-refractivity contribution in [2.45, 2.75) is 6.54 Å². The van der Waals surface area contributed by atoms with Gasteiger partial charge < -0.3 is 9.80 Å². The number of amides is 1. The third-order valence-electron chi connectivity index (χ3n) is 3.96. The van der Waals surface area contributed by atoms with E-state index in [1.807, 2.05) is 29.2 Å². The van der Waals surface area contributed by atoms with Gasteiger partial charge in [-0.2, -0.15) is 5.10 Å². The Balaban J connectivity index is 1.68. The number of carbonyl (C=O) groups is 1. The number of hydrogen-bond acceptors (Lipinski definition) is 3. The first-order chi connectivity index (χ1) is 10.6. The van der Waals surface area contributed by atoms with Gasteiger partial charge in [0.1, 0.15) is 0 Å². The number of aromatic nitrogens is 2. The minimum Gasteiger partial charge on any atom is -0.336 e. The van der Waals surface area contributed by atoms with E-state index < -0.39 is 0 Å². The van der Waals surface area contributed by atoms with Gasteiger partial charge in [0.25, 0.3) is 5.91 Å². The molecule has 1 saturated heterocycles. The summed E-state index contributed by atoms with van der Waals surface area (Å²) >= 11 is 6.16. The SMILES string of the molecule is CN1CCN(C(=O)c2cnn(Cc3ccccc3Cl)c2)CC1. The fraction of sp³-hybridized carbons (Fsp3) is 0.375. The smallest absolute Gasteiger partial charge is 0.257 e. The molecule has 0 aliphatic carbocycles. The van der Waals surface area contributed by atoms with Gasteiger partial charge in [0.15, 0.2) is 0 Å². The standard InChI is InChI=1S/C16H19ClN4O/c1-19-6-8-20(9-7-19)16(22)14-10-18-21(12-14)11-13-4-2-3-5-15(13)17/h2-5,10,12H,6-9,11H2,1H3. The largest absolute Gasteiger partial charge is 0.336 e. The molecule has 0 saturated carbocycles. The summed E-state index contributed by atoms with van der Waals surface area (Å²) in [6.07, 6.45) is 3.43. The van der Waals surface area contributed by atoms with Gasteiger partial charge in [0, 0.05) is 37.4 Å². The van der Waals surface area contributed by atoms with Gasteiger partial charge in [-0.25, -0.2) is 0 Å². The average Bonchev–Trinajstić information content (AvgIpc) is 2.98. The molecule has 1 aromatic carbocycles. The molecule has 5 nitrogen and oxygen atoms in total. The van der Waals surface area contributed by atoms with E-state index in [1.165, 1.54) is 0 Å². The first-order valence-electron chi connectivity index (χ1n) is 7.37. The Morgan fingerprint density at radius 2 is 1.95 bits per heavy atom. The maximum Gasteiger partial charge on any atom is 0.257 e. The number of nitrogens with zero attached hydrogens (tertiary/aromatic N) is 4. The number of likely N-dealkylation sites (N-methyl/N-ethyl adjacent to an activating group) is 1. The van der Waals surface area contributed by atoms with Gasteiger partial charge in [-0.05, 0) is 18.7 Å². The Kier molecular flexibility index (Phi) is 4.45. The second kappa shape index (κ2) is 6.50. The van der Waals surface area contributed by atoms with Crippen molar-refractivity contribution in [3.8, 4) is 0 Å². The summed E-state index contributed by atoms with van der Waals surface area (Å²) in [6.45, 7) is 3.94. The summed E-state index contributed by atoms with van der Waals surface area (Å²) in [7, 11) is 2.07. The molecule has 1 aliphatic rings. The van der Waals surface area contributed by atoms with Crippen molar-refractivity contribution in [3.63, 3.8) is 0 Å². The molecule has 22 heavy (non-hydrogen) atoms. The molecule has 0 N–H and O–H groups in total. The van der Waals surface area contributed by atoms with Crippen molar-refractivity contribution in [2.75, 3.05) is 33.2 Å². The van der Waals surface area contributed by atoms with E-state index >= 15 is 0 Å². The molecule has 6 heteroatoms. The topological polar surface area (TPSA) is 41.4 Å². The molecule has 0 spiro atoms. The van der Waals surface area contributed by atoms with Gasteiger partial charge >= 0.3 is 0 Å². The van der Waals surface area contributed by atoms with E-state index in [1.54, 1.807) is 17.1 Å². The predicted molar refractivity (Wildman–Crippen MR) is 86.2 cm³/mol. The molecule has 1 aliphatic heterocycles. The number of rotatable bonds is 3. The lowest BCUT2D eigenvalue weighted by atomic mass is 10.2. The summed E-state index contributed by atoms with van der Waals surface area (Å²) in [5.41, 5.74) is 1.63. The molecule has 2 heterocycles. The maximum absolute atomic E-state index is 12.5. The van der Waals surface area contributed by atoms with Crippen LogP contribution < -0.4 is 0 Å². The molecule has 1 aromatic heterocycles. The van der Waals surface area contributed by atoms with E-state index in [9.17, 15) is 4.79 Å². The third-order valence-corrected chi connectivity index (χ3v) is 4.33. The molecule has 0 bridgehead atoms. The van der Waals surface area contributed by atoms with Crippen LogP contribution in [-0.4, -0.2) is 58.7 Å². The van der Waals surface area contributed by atoms with Crippen LogP contribution in [0.15, 0.2) is 36.7 Å². The fourth-order valence-corrected chi connectivity index (χ4v) is 2.75. The zero-order valence-corrected chi connectivity index (χ0v) is 13.3. The Bertz CT molecular complexity index is 662. The van der Waals surface area contributed by atoms with Crippen LogP contribution in [0.1, 0.15) is 15.9 Å². The third kappa shape index (κ3) is 3.31. The first kappa shape index (κ1) is 15.1. The van der Waals surface area contributed by atoms with Crippen LogP contribution in [-0.2, 0) is 6.54 Å². The summed E-state index contributed by atoms with van der Waals surface area (Å²) in [6, 6.07) is 7.67. The lowest BCUT2D eigenvalue weighted by Crippen LogP contribution is -2.47. The van der Waals surface area contributed by atoms with E-state index in [2.05, 4.69) is 17.0 Å². The first-order valence-corrected chi connectivity index (χ1v) is 7.75. The molecular weight excluding hydrogens is 300 g/mol. The summed E-state index contributed by atoms with van der Waals surface area (Å²) in [5, 5.41) is 5.00. The zero-order valence-electron chi connectivity index (χ0n) is 12.6. The lowest BCUT2D eigenvalue weighted by molar-refractivity contribution is 0.0664. The van der Waals surface area contributed by atoms with Gasteiger partial charge in [-0.3, -0.25) is 9.48 Å². The molecule has 0 unspecified atom stereocenters. The monoisotopic (exact) mass is 318 g/mol. The van der Waals surface area contributed by atoms with E-state index in [0.29, 0.717) is 17.1 Å². The van der Waals surface area contributed by atoms with Crippen molar-refractivity contribution in [1.82, 2.24) is 19.6 Å². The van der Waals surface area contributed by atoms with E-state index in [-0.39, 0.29) is 5.91 Å². The van der Waals surface area contributed by atoms with Crippen LogP contribution in [0, 0.1) is 0 Å². The van der Waals surface area contributed by atoms with E-state index in [0.717, 1.165) is 31.7 Å². The van der Waals surface area contributed by atoms with Crippen molar-refractivity contribution >= 4 is 17.5 Å². The highest BCUT2D eigenvalue weighted by Crippen LogP contribution is 2.16. The number of benzene rings is 1. The Morgan fingerprint density at radius 3 is 2.68 bits per heavy atom. The lowest BCUT2D eigenvalue weighted by Gasteiger charge is -2.32. The van der Waals surface area contributed by atoms with Gasteiger partial charge in [-0.1, -0.05) is 29.8 Å². The summed E-state index contributed by atoms with van der Waals surface area (Å²) in [4.78, 5) is 16.6. The predicted octanol–water partition coefficient (Wildman–Crippen LogP) is 1.97. The highest BCUT2D eigenvalue weighted by molar-refractivity contribution is 6.31. The zero-order chi connectivity index (χ0) is 15.5. The highest BCUT2D eigenvalue weighted by Gasteiger charge is 2.21. The second-order valence-corrected chi connectivity index (χ2v) is 6.02. The van der Waals surface area contributed by atoms with Crippen molar-refractivity contribution in [2.24, 2.45) is 0 Å². The van der Waals surface area contributed by atoms with Gasteiger partial charge in [0.05, 0.1) is 18.3 Å². The molecule has 116 valence electrons. The number of carbonyl (C=O) groups excluding carboxylic acids is 1. The van der Waals surface area contributed by atoms with Crippen molar-refractivity contribution in [3.05, 3.63) is 52.8 Å². The Hall–Kier alpha value is -1.85. The van der Waals surface area contributed by atoms with Gasteiger partial charge in [0.2, 0.25) is 0 Å². The molecule has 3 rings (SSSR count). The fourth-order valence-electron chi connectivity index (χ4n) is 2.55. The quantitative estimate of drug-likeness (QED) is 0.869. The highest BCUT2D eigenvalue weighted by atomic mass is 35.5. The average molecular weight is 319 g/mol. The van der Waals surface area contributed by atoms with Crippen LogP contribution in [0.5, 0.6) is 0 Å². The second-order valence-electron chi connectivity index (χ2n) is 5.61. The minimum atomic E-state index is 0.0542. The maximum atomic E-state index is 12.5. The summed E-state index contributed by atoms with van der Waals surface area (Å²) in [5.74, 6) is 0.0542. The van der Waals surface area contributed by atoms with Crippen LogP contribution in [0.4, 0.5) is 0 Å². The van der Waals surface area contributed by atoms with Crippen LogP contribution in [0.25, 0.3) is 0 Å². The van der Waals surface area contributed by atoms with Crippen molar-refractivity contribution in [1.29, 1.82) is 0 Å². The summed E-state index contributed by atoms with van der Waals surface area (Å²) < 4.78 is 1.75. The molecule has 2 aromatic rings. The number of piperazine rings is 1. The minimum absolute atomic E-state index is 0.0542. The van der Waals surface area contributed by atoms with Gasteiger partial charge in [-0.15, -0.1) is 0 Å². The van der Waals surface area contributed by atoms with Crippen LogP contribution >= 0.6 is 11.6 Å². The molecule has 1 fully saturated rings. The molecule has 1 amide bonds. The molecule has 0 atom stereocenters.